The third-order valence-electron chi connectivity index (χ3n) is 5.32. The van der Waals surface area contributed by atoms with Crippen molar-refractivity contribution in [3.8, 4) is 28.7 Å². The van der Waals surface area contributed by atoms with Gasteiger partial charge in [0, 0.05) is 12.1 Å². The Labute approximate surface area is 160 Å². The van der Waals surface area contributed by atoms with E-state index in [0.717, 1.165) is 19.4 Å². The maximum absolute atomic E-state index is 12.8. The largest absolute Gasteiger partial charge is 0.507 e. The average Bonchev–Trinajstić information content (AvgIpc) is 2.67. The molecule has 3 unspecified atom stereocenters. The molecule has 2 heterocycles. The number of ether oxygens (including phenoxy) is 1. The Hall–Kier alpha value is -2.97. The molecular weight excluding hydrogens is 366 g/mol. The van der Waals surface area contributed by atoms with E-state index in [1.54, 1.807) is 0 Å². The Morgan fingerprint density at radius 3 is 2.46 bits per heavy atom. The molecule has 0 amide bonds. The quantitative estimate of drug-likeness (QED) is 0.430. The lowest BCUT2D eigenvalue weighted by molar-refractivity contribution is 0.0209. The zero-order valence-electron chi connectivity index (χ0n) is 14.9. The fourth-order valence-corrected chi connectivity index (χ4v) is 3.87. The van der Waals surface area contributed by atoms with Crippen molar-refractivity contribution in [1.29, 1.82) is 0 Å². The normalized spacial score (nSPS) is 24.5. The number of nitrogens with one attached hydrogen (secondary N) is 1. The Balaban J connectivity index is 1.76. The number of carbonyl (C=O) groups excluding carboxylic acids is 1. The summed E-state index contributed by atoms with van der Waals surface area (Å²) >= 11 is 0. The summed E-state index contributed by atoms with van der Waals surface area (Å²) in [5.74, 6) is -2.16. The van der Waals surface area contributed by atoms with Gasteiger partial charge in [-0.1, -0.05) is 12.5 Å². The fourth-order valence-electron chi connectivity index (χ4n) is 3.87. The smallest absolute Gasteiger partial charge is 0.202 e. The van der Waals surface area contributed by atoms with Crippen LogP contribution in [-0.2, 0) is 0 Å². The molecular formula is C20H21NO7. The highest BCUT2D eigenvalue weighted by atomic mass is 16.5. The van der Waals surface area contributed by atoms with Crippen LogP contribution >= 0.6 is 0 Å². The molecule has 0 saturated carbocycles. The second kappa shape index (κ2) is 6.88. The van der Waals surface area contributed by atoms with Crippen molar-refractivity contribution in [2.24, 2.45) is 0 Å². The van der Waals surface area contributed by atoms with Crippen molar-refractivity contribution in [2.45, 2.75) is 37.5 Å². The van der Waals surface area contributed by atoms with E-state index in [4.69, 9.17) is 4.74 Å². The van der Waals surface area contributed by atoms with E-state index in [-0.39, 0.29) is 40.0 Å². The van der Waals surface area contributed by atoms with E-state index in [9.17, 15) is 30.3 Å². The van der Waals surface area contributed by atoms with E-state index in [0.29, 0.717) is 6.42 Å². The predicted octanol–water partition coefficient (Wildman–Crippen LogP) is 2.00. The van der Waals surface area contributed by atoms with Gasteiger partial charge in [0.25, 0.3) is 0 Å². The number of Topliss-reactive ketones (excluding diaryl/α,β-unsaturated/α-hetero) is 1. The molecule has 148 valence electrons. The lowest BCUT2D eigenvalue weighted by atomic mass is 9.88. The highest BCUT2D eigenvalue weighted by Gasteiger charge is 2.41. The molecule has 2 aliphatic rings. The van der Waals surface area contributed by atoms with Crippen molar-refractivity contribution in [3.63, 3.8) is 0 Å². The van der Waals surface area contributed by atoms with Gasteiger partial charge in [0.05, 0.1) is 5.56 Å². The van der Waals surface area contributed by atoms with Gasteiger partial charge in [-0.2, -0.15) is 0 Å². The molecule has 3 atom stereocenters. The number of aromatic hydroxyl groups is 4. The summed E-state index contributed by atoms with van der Waals surface area (Å²) in [4.78, 5) is 12.8. The van der Waals surface area contributed by atoms with Crippen LogP contribution in [0.3, 0.4) is 0 Å². The van der Waals surface area contributed by atoms with Crippen molar-refractivity contribution in [1.82, 2.24) is 5.32 Å². The van der Waals surface area contributed by atoms with Gasteiger partial charge < -0.3 is 35.6 Å². The van der Waals surface area contributed by atoms with Crippen LogP contribution in [0.4, 0.5) is 0 Å². The number of carbonyl (C=O) groups is 1. The number of benzene rings is 2. The molecule has 2 aliphatic heterocycles. The summed E-state index contributed by atoms with van der Waals surface area (Å²) < 4.78 is 5.70. The first-order valence-electron chi connectivity index (χ1n) is 9.11. The van der Waals surface area contributed by atoms with Crippen molar-refractivity contribution in [3.05, 3.63) is 41.0 Å². The molecule has 6 N–H and O–H groups in total. The minimum absolute atomic E-state index is 0.0533. The molecule has 0 spiro atoms. The predicted molar refractivity (Wildman–Crippen MR) is 97.8 cm³/mol. The van der Waals surface area contributed by atoms with Crippen molar-refractivity contribution in [2.75, 3.05) is 6.54 Å². The number of phenolic OH excluding ortho intramolecular Hbond substituents is 4. The summed E-state index contributed by atoms with van der Waals surface area (Å²) in [7, 11) is 0. The molecule has 0 aliphatic carbocycles. The number of rotatable bonds is 2. The molecule has 2 aromatic carbocycles. The zero-order chi connectivity index (χ0) is 20.0. The molecule has 4 rings (SSSR count). The number of aliphatic hydroxyl groups excluding tert-OH is 1. The van der Waals surface area contributed by atoms with Crippen LogP contribution in [0.15, 0.2) is 24.3 Å². The number of phenols is 4. The van der Waals surface area contributed by atoms with E-state index in [2.05, 4.69) is 5.32 Å². The number of aliphatic hydroxyl groups is 1. The summed E-state index contributed by atoms with van der Waals surface area (Å²) in [5, 5.41) is 54.0. The third-order valence-corrected chi connectivity index (χ3v) is 5.32. The minimum Gasteiger partial charge on any atom is -0.507 e. The monoisotopic (exact) mass is 387 g/mol. The summed E-state index contributed by atoms with van der Waals surface area (Å²) in [5.41, 5.74) is 0.314. The number of hydrogen-bond acceptors (Lipinski definition) is 8. The summed E-state index contributed by atoms with van der Waals surface area (Å²) in [6.07, 6.45) is -0.173. The average molecular weight is 387 g/mol. The first-order chi connectivity index (χ1) is 13.4. The molecule has 0 radical (unpaired) electrons. The Morgan fingerprint density at radius 1 is 1.00 bits per heavy atom. The fraction of sp³-hybridized carbons (Fsp3) is 0.350. The second-order valence-electron chi connectivity index (χ2n) is 7.13. The van der Waals surface area contributed by atoms with Crippen molar-refractivity contribution >= 4 is 5.78 Å². The molecule has 8 nitrogen and oxygen atoms in total. The van der Waals surface area contributed by atoms with Gasteiger partial charge in [-0.15, -0.1) is 0 Å². The van der Waals surface area contributed by atoms with E-state index >= 15 is 0 Å². The second-order valence-corrected chi connectivity index (χ2v) is 7.13. The highest BCUT2D eigenvalue weighted by molar-refractivity contribution is 6.06. The first kappa shape index (κ1) is 18.4. The zero-order valence-corrected chi connectivity index (χ0v) is 14.9. The highest BCUT2D eigenvalue weighted by Crippen LogP contribution is 2.48. The number of piperidine rings is 1. The molecule has 1 saturated heterocycles. The van der Waals surface area contributed by atoms with Gasteiger partial charge >= 0.3 is 0 Å². The van der Waals surface area contributed by atoms with Crippen LogP contribution in [0.1, 0.15) is 52.9 Å². The van der Waals surface area contributed by atoms with E-state index in [1.807, 2.05) is 0 Å². The lowest BCUT2D eigenvalue weighted by Crippen LogP contribution is -2.36. The van der Waals surface area contributed by atoms with Crippen LogP contribution in [0, 0.1) is 0 Å². The van der Waals surface area contributed by atoms with Crippen LogP contribution in [-0.4, -0.2) is 44.0 Å². The third kappa shape index (κ3) is 2.90. The van der Waals surface area contributed by atoms with Gasteiger partial charge in [0.15, 0.2) is 23.7 Å². The van der Waals surface area contributed by atoms with Gasteiger partial charge in [-0.25, -0.2) is 0 Å². The van der Waals surface area contributed by atoms with E-state index < -0.39 is 29.5 Å². The Bertz CT molecular complexity index is 937. The molecule has 8 heteroatoms. The molecule has 2 aromatic rings. The standard InChI is InChI=1S/C20H21NO7/c22-11-5-4-9(7-12(11)23)20-19(27)18(26)16-14(28-20)8-13(24)15(17(16)25)10-3-1-2-6-21-10/h4-5,7-8,10,19-25,27H,1-3,6H2. The number of fused-ring (bicyclic) bond motifs is 1. The Kier molecular flexibility index (Phi) is 4.52. The molecule has 1 fully saturated rings. The van der Waals surface area contributed by atoms with Crippen LogP contribution in [0.5, 0.6) is 28.7 Å². The lowest BCUT2D eigenvalue weighted by Gasteiger charge is -2.32. The maximum atomic E-state index is 12.8. The molecule has 0 aromatic heterocycles. The van der Waals surface area contributed by atoms with Crippen LogP contribution in [0.25, 0.3) is 0 Å². The topological polar surface area (TPSA) is 139 Å². The number of hydrogen-bond donors (Lipinski definition) is 6. The minimum atomic E-state index is -1.63. The molecule has 0 bridgehead atoms. The van der Waals surface area contributed by atoms with Crippen LogP contribution in [0.2, 0.25) is 0 Å². The summed E-state index contributed by atoms with van der Waals surface area (Å²) in [6.45, 7) is 0.736. The first-order valence-corrected chi connectivity index (χ1v) is 9.11. The van der Waals surface area contributed by atoms with Crippen molar-refractivity contribution < 1.29 is 35.1 Å². The van der Waals surface area contributed by atoms with Gasteiger partial charge in [0.1, 0.15) is 22.8 Å². The van der Waals surface area contributed by atoms with Gasteiger partial charge in [-0.05, 0) is 37.1 Å². The molecule has 28 heavy (non-hydrogen) atoms. The SMILES string of the molecule is O=C1c2c(cc(O)c(C3CCCCN3)c2O)OC(c2ccc(O)c(O)c2)C1O. The Morgan fingerprint density at radius 2 is 1.79 bits per heavy atom. The van der Waals surface area contributed by atoms with Gasteiger partial charge in [-0.3, -0.25) is 4.79 Å². The maximum Gasteiger partial charge on any atom is 0.202 e. The van der Waals surface area contributed by atoms with Crippen LogP contribution < -0.4 is 10.1 Å². The number of ketones is 1. The van der Waals surface area contributed by atoms with E-state index in [1.165, 1.54) is 24.3 Å². The van der Waals surface area contributed by atoms with Gasteiger partial charge in [0.2, 0.25) is 5.78 Å². The summed E-state index contributed by atoms with van der Waals surface area (Å²) in [6, 6.07) is 4.77.